The van der Waals surface area contributed by atoms with E-state index in [0.29, 0.717) is 50.6 Å². The highest BCUT2D eigenvalue weighted by molar-refractivity contribution is 6.12. The van der Waals surface area contributed by atoms with Gasteiger partial charge in [-0.3, -0.25) is 0 Å². The summed E-state index contributed by atoms with van der Waals surface area (Å²) in [5.41, 5.74) is 5.07. The number of rotatable bonds is 7. The number of nitrogens with zero attached hydrogens (tertiary/aromatic N) is 4. The SMILES string of the molecule is [2H]c1c([2H])c([2H])c(-c2c([2H])c([2H])c3c(c2[2H])c2c([2H])c([2H])c([2H])c([2H])c2n3-c2ccc(-c3cccc4c3oc3ccccc34)cc2-c2nc(-c3ccccc3)nc(-c3cccc(-c4ccccc4)c3)n2)c([2H])c1[2H]. The smallest absolute Gasteiger partial charge is 0.166 e. The minimum absolute atomic E-state index is 0.128. The van der Waals surface area contributed by atoms with Gasteiger partial charge in [0.2, 0.25) is 0 Å². The summed E-state index contributed by atoms with van der Waals surface area (Å²) in [5, 5.41) is 1.40. The number of para-hydroxylation sites is 3. The Morgan fingerprint density at radius 2 is 1.05 bits per heavy atom. The Labute approximate surface area is 374 Å². The van der Waals surface area contributed by atoms with Crippen LogP contribution in [0.5, 0.6) is 0 Å². The second-order valence-electron chi connectivity index (χ2n) is 14.7. The van der Waals surface area contributed by atoms with Crippen molar-refractivity contribution in [3.63, 3.8) is 0 Å². The zero-order valence-electron chi connectivity index (χ0n) is 44.6. The number of benzene rings is 9. The molecule has 0 atom stereocenters. The molecule has 0 aliphatic heterocycles. The molecule has 62 heavy (non-hydrogen) atoms. The van der Waals surface area contributed by atoms with Gasteiger partial charge in [0.05, 0.1) is 33.2 Å². The van der Waals surface area contributed by atoms with Gasteiger partial charge in [0.15, 0.2) is 17.5 Å². The van der Waals surface area contributed by atoms with Crippen molar-refractivity contribution >= 4 is 43.7 Å². The zero-order chi connectivity index (χ0) is 51.4. The molecule has 0 fully saturated rings. The van der Waals surface area contributed by atoms with E-state index in [1.54, 1.807) is 6.07 Å². The molecule has 0 aliphatic rings. The first kappa shape index (κ1) is 25.3. The monoisotopic (exact) mass is 804 g/mol. The molecule has 0 saturated carbocycles. The first-order valence-electron chi connectivity index (χ1n) is 25.9. The molecule has 0 spiro atoms. The molecule has 9 aromatic carbocycles. The Hall–Kier alpha value is -8.41. The van der Waals surface area contributed by atoms with Crippen LogP contribution in [0.2, 0.25) is 0 Å². The molecule has 290 valence electrons. The van der Waals surface area contributed by atoms with E-state index in [-0.39, 0.29) is 33.3 Å². The van der Waals surface area contributed by atoms with E-state index in [4.69, 9.17) is 29.0 Å². The summed E-state index contributed by atoms with van der Waals surface area (Å²) in [4.78, 5) is 15.4. The van der Waals surface area contributed by atoms with E-state index >= 15 is 0 Å². The molecule has 5 heteroatoms. The molecule has 0 aliphatic carbocycles. The predicted molar refractivity (Wildman–Crippen MR) is 254 cm³/mol. The summed E-state index contributed by atoms with van der Waals surface area (Å²) >= 11 is 0. The van der Waals surface area contributed by atoms with Gasteiger partial charge in [-0.2, -0.15) is 0 Å². The van der Waals surface area contributed by atoms with Gasteiger partial charge in [0.25, 0.3) is 0 Å². The van der Waals surface area contributed by atoms with Crippen molar-refractivity contribution in [2.75, 3.05) is 0 Å². The molecule has 0 saturated heterocycles. The van der Waals surface area contributed by atoms with Crippen LogP contribution >= 0.6 is 0 Å². The summed E-state index contributed by atoms with van der Waals surface area (Å²) in [6.07, 6.45) is 0. The Balaban J connectivity index is 1.22. The van der Waals surface area contributed by atoms with Crippen LogP contribution in [0.4, 0.5) is 0 Å². The summed E-state index contributed by atoms with van der Waals surface area (Å²) in [6.45, 7) is 0. The minimum atomic E-state index is -0.711. The lowest BCUT2D eigenvalue weighted by Crippen LogP contribution is -2.04. The van der Waals surface area contributed by atoms with Crippen LogP contribution in [-0.4, -0.2) is 19.5 Å². The van der Waals surface area contributed by atoms with Crippen LogP contribution in [0.3, 0.4) is 0 Å². The average Bonchev–Trinajstić information content (AvgIpc) is 4.01. The van der Waals surface area contributed by atoms with Gasteiger partial charge in [0, 0.05) is 43.8 Å². The maximum atomic E-state index is 9.82. The van der Waals surface area contributed by atoms with Crippen molar-refractivity contribution in [3.05, 3.63) is 218 Å². The third-order valence-corrected chi connectivity index (χ3v) is 11.0. The minimum Gasteiger partial charge on any atom is -0.455 e. The van der Waals surface area contributed by atoms with E-state index in [0.717, 1.165) is 21.9 Å². The van der Waals surface area contributed by atoms with E-state index in [2.05, 4.69) is 0 Å². The van der Waals surface area contributed by atoms with Crippen LogP contribution < -0.4 is 0 Å². The Morgan fingerprint density at radius 3 is 1.90 bits per heavy atom. The summed E-state index contributed by atoms with van der Waals surface area (Å²) < 4.78 is 117. The highest BCUT2D eigenvalue weighted by atomic mass is 16.3. The van der Waals surface area contributed by atoms with Gasteiger partial charge >= 0.3 is 0 Å². The molecule has 0 bridgehead atoms. The van der Waals surface area contributed by atoms with E-state index in [9.17, 15) is 6.85 Å². The molecule has 0 amide bonds. The average molecular weight is 805 g/mol. The molecule has 12 aromatic rings. The quantitative estimate of drug-likeness (QED) is 0.161. The maximum Gasteiger partial charge on any atom is 0.166 e. The molecular weight excluding hydrogens is 757 g/mol. The third kappa shape index (κ3) is 6.06. The van der Waals surface area contributed by atoms with E-state index in [1.807, 2.05) is 140 Å². The molecule has 3 aromatic heterocycles. The van der Waals surface area contributed by atoms with E-state index in [1.165, 1.54) is 4.57 Å². The van der Waals surface area contributed by atoms with Crippen molar-refractivity contribution in [2.45, 2.75) is 0 Å². The molecule has 0 unspecified atom stereocenters. The highest BCUT2D eigenvalue weighted by Gasteiger charge is 2.22. The zero-order valence-corrected chi connectivity index (χ0v) is 32.6. The standard InChI is InChI=1S/C57H36N4O/c1-4-16-37(17-5-1)40-22-14-23-43(34-40)56-58-55(39-20-8-3-9-21-39)59-57(60-56)49-36-42(44-26-15-27-47-46-25-11-13-29-53(46)62-54(44)47)31-33-52(49)61-50-28-12-10-24-45(50)48-35-41(30-32-51(48)61)38-18-6-2-7-19-38/h1-36H/i2D,6D,7D,10D,12D,18D,19D,24D,28D,30D,32D,35D. The van der Waals surface area contributed by atoms with Crippen LogP contribution in [0.15, 0.2) is 223 Å². The van der Waals surface area contributed by atoms with E-state index < -0.39 is 83.6 Å². The largest absolute Gasteiger partial charge is 0.455 e. The van der Waals surface area contributed by atoms with Crippen molar-refractivity contribution in [2.24, 2.45) is 0 Å². The third-order valence-electron chi connectivity index (χ3n) is 11.0. The fraction of sp³-hybridized carbons (Fsp3) is 0. The predicted octanol–water partition coefficient (Wildman–Crippen LogP) is 14.9. The summed E-state index contributed by atoms with van der Waals surface area (Å²) in [7, 11) is 0. The van der Waals surface area contributed by atoms with Crippen molar-refractivity contribution < 1.29 is 20.9 Å². The molecular formula is C57H36N4O. The number of hydrogen-bond donors (Lipinski definition) is 0. The highest BCUT2D eigenvalue weighted by Crippen LogP contribution is 2.42. The van der Waals surface area contributed by atoms with Crippen LogP contribution in [-0.2, 0) is 0 Å². The summed E-state index contributed by atoms with van der Waals surface area (Å²) in [5.74, 6) is 0.739. The molecule has 3 heterocycles. The van der Waals surface area contributed by atoms with Crippen molar-refractivity contribution in [3.8, 4) is 73.2 Å². The summed E-state index contributed by atoms with van der Waals surface area (Å²) in [6, 6.07) is 38.3. The second-order valence-corrected chi connectivity index (χ2v) is 14.7. The fourth-order valence-corrected chi connectivity index (χ4v) is 8.12. The van der Waals surface area contributed by atoms with Gasteiger partial charge in [-0.25, -0.2) is 15.0 Å². The van der Waals surface area contributed by atoms with Crippen molar-refractivity contribution in [1.29, 1.82) is 0 Å². The lowest BCUT2D eigenvalue weighted by Gasteiger charge is -2.16. The molecule has 5 nitrogen and oxygen atoms in total. The molecule has 0 radical (unpaired) electrons. The Morgan fingerprint density at radius 1 is 0.387 bits per heavy atom. The number of hydrogen-bond acceptors (Lipinski definition) is 4. The lowest BCUT2D eigenvalue weighted by molar-refractivity contribution is 0.670. The normalized spacial score (nSPS) is 14.3. The topological polar surface area (TPSA) is 56.7 Å². The van der Waals surface area contributed by atoms with Gasteiger partial charge in [0.1, 0.15) is 11.2 Å². The van der Waals surface area contributed by atoms with Gasteiger partial charge in [-0.1, -0.05) is 176 Å². The van der Waals surface area contributed by atoms with Crippen molar-refractivity contribution in [1.82, 2.24) is 19.5 Å². The maximum absolute atomic E-state index is 9.82. The number of fused-ring (bicyclic) bond motifs is 6. The van der Waals surface area contributed by atoms with Crippen LogP contribution in [0.25, 0.3) is 117 Å². The number of aromatic nitrogens is 4. The lowest BCUT2D eigenvalue weighted by atomic mass is 9.98. The number of furan rings is 1. The molecule has 12 rings (SSSR count). The van der Waals surface area contributed by atoms with Crippen LogP contribution in [0, 0.1) is 0 Å². The van der Waals surface area contributed by atoms with Gasteiger partial charge < -0.3 is 8.98 Å². The van der Waals surface area contributed by atoms with Gasteiger partial charge in [-0.05, 0) is 70.2 Å². The van der Waals surface area contributed by atoms with Crippen LogP contribution in [0.1, 0.15) is 16.4 Å². The first-order valence-corrected chi connectivity index (χ1v) is 19.9. The Kier molecular flexibility index (Phi) is 5.99. The molecule has 0 N–H and O–H groups in total. The fourth-order valence-electron chi connectivity index (χ4n) is 8.12. The first-order chi connectivity index (χ1) is 35.7. The van der Waals surface area contributed by atoms with Gasteiger partial charge in [-0.15, -0.1) is 0 Å². The second kappa shape index (κ2) is 14.7. The Bertz CT molecular complexity index is 4320.